The van der Waals surface area contributed by atoms with E-state index in [-0.39, 0.29) is 11.2 Å². The molecule has 0 aliphatic rings. The molecule has 29 heavy (non-hydrogen) atoms. The van der Waals surface area contributed by atoms with Gasteiger partial charge in [0.2, 0.25) is 0 Å². The van der Waals surface area contributed by atoms with Crippen LogP contribution >= 0.6 is 0 Å². The van der Waals surface area contributed by atoms with Crippen molar-refractivity contribution < 1.29 is 4.74 Å². The van der Waals surface area contributed by atoms with Gasteiger partial charge in [0.05, 0.1) is 11.2 Å². The van der Waals surface area contributed by atoms with Gasteiger partial charge in [-0.2, -0.15) is 0 Å². The van der Waals surface area contributed by atoms with Gasteiger partial charge >= 0.3 is 0 Å². The lowest BCUT2D eigenvalue weighted by Crippen LogP contribution is -2.33. The van der Waals surface area contributed by atoms with Crippen molar-refractivity contribution in [1.82, 2.24) is 0 Å². The van der Waals surface area contributed by atoms with Gasteiger partial charge in [-0.25, -0.2) is 0 Å². The van der Waals surface area contributed by atoms with Crippen LogP contribution in [0, 0.1) is 6.92 Å². The monoisotopic (exact) mass is 388 g/mol. The smallest absolute Gasteiger partial charge is 0.0887 e. The normalized spacial score (nSPS) is 11.5. The van der Waals surface area contributed by atoms with Crippen LogP contribution in [0.15, 0.2) is 84.9 Å². The molecule has 1 nitrogen and oxygen atoms in total. The molecule has 0 unspecified atom stereocenters. The Morgan fingerprint density at radius 1 is 0.621 bits per heavy atom. The van der Waals surface area contributed by atoms with Crippen LogP contribution < -0.4 is 0 Å². The first-order chi connectivity index (χ1) is 13.7. The van der Waals surface area contributed by atoms with Crippen molar-refractivity contribution in [3.05, 3.63) is 107 Å². The lowest BCUT2D eigenvalue weighted by Gasteiger charge is -2.37. The highest BCUT2D eigenvalue weighted by molar-refractivity contribution is 5.28. The van der Waals surface area contributed by atoms with Crippen LogP contribution in [-0.4, -0.2) is 0 Å². The molecule has 0 saturated carbocycles. The molecule has 0 amide bonds. The summed E-state index contributed by atoms with van der Waals surface area (Å²) in [5, 5.41) is 0. The molecular weight excluding hydrogens is 352 g/mol. The maximum atomic E-state index is 6.50. The summed E-state index contributed by atoms with van der Waals surface area (Å²) in [6.07, 6.45) is 2.32. The SMILES string of the molecule is CCCc1ccc(C(C)(C)OC(C)(C)c2ccccc2)cc1.Cc1ccccc1. The molecule has 0 aromatic heterocycles. The fourth-order valence-electron chi connectivity index (χ4n) is 3.49. The zero-order valence-corrected chi connectivity index (χ0v) is 18.9. The van der Waals surface area contributed by atoms with Crippen molar-refractivity contribution in [1.29, 1.82) is 0 Å². The van der Waals surface area contributed by atoms with E-state index in [4.69, 9.17) is 4.74 Å². The number of hydrogen-bond donors (Lipinski definition) is 0. The Hall–Kier alpha value is -2.38. The molecule has 0 aliphatic heterocycles. The third-order valence-corrected chi connectivity index (χ3v) is 5.11. The topological polar surface area (TPSA) is 9.23 Å². The zero-order chi connectivity index (χ0) is 21.3. The van der Waals surface area contributed by atoms with Crippen molar-refractivity contribution in [3.8, 4) is 0 Å². The first-order valence-corrected chi connectivity index (χ1v) is 10.6. The molecular formula is C28H36O. The number of ether oxygens (including phenoxy) is 1. The van der Waals surface area contributed by atoms with Crippen LogP contribution in [0.25, 0.3) is 0 Å². The van der Waals surface area contributed by atoms with E-state index < -0.39 is 0 Å². The molecule has 0 saturated heterocycles. The van der Waals surface area contributed by atoms with E-state index in [1.54, 1.807) is 0 Å². The quantitative estimate of drug-likeness (QED) is 0.418. The average molecular weight is 389 g/mol. The van der Waals surface area contributed by atoms with E-state index in [2.05, 4.69) is 102 Å². The van der Waals surface area contributed by atoms with Crippen LogP contribution in [0.4, 0.5) is 0 Å². The molecule has 1 heteroatoms. The van der Waals surface area contributed by atoms with Crippen molar-refractivity contribution in [2.45, 2.75) is 65.6 Å². The summed E-state index contributed by atoms with van der Waals surface area (Å²) in [5.41, 5.74) is 4.48. The lowest BCUT2D eigenvalue weighted by molar-refractivity contribution is -0.132. The number of aryl methyl sites for hydroxylation is 2. The Labute approximate surface area is 177 Å². The lowest BCUT2D eigenvalue weighted by atomic mass is 9.92. The van der Waals surface area contributed by atoms with Gasteiger partial charge in [-0.15, -0.1) is 0 Å². The Morgan fingerprint density at radius 2 is 1.07 bits per heavy atom. The molecule has 3 aromatic carbocycles. The molecule has 3 rings (SSSR count). The first kappa shape index (κ1) is 22.9. The van der Waals surface area contributed by atoms with Crippen LogP contribution in [-0.2, 0) is 22.4 Å². The van der Waals surface area contributed by atoms with E-state index in [1.165, 1.54) is 28.7 Å². The number of benzene rings is 3. The van der Waals surface area contributed by atoms with Gasteiger partial charge in [0.15, 0.2) is 0 Å². The summed E-state index contributed by atoms with van der Waals surface area (Å²) >= 11 is 0. The van der Waals surface area contributed by atoms with Crippen LogP contribution in [0.5, 0.6) is 0 Å². The minimum absolute atomic E-state index is 0.327. The van der Waals surface area contributed by atoms with Crippen LogP contribution in [0.2, 0.25) is 0 Å². The molecule has 0 fully saturated rings. The second-order valence-electron chi connectivity index (χ2n) is 8.59. The molecule has 3 aromatic rings. The summed E-state index contributed by atoms with van der Waals surface area (Å²) in [6, 6.07) is 29.5. The predicted octanol–water partition coefficient (Wildman–Crippen LogP) is 7.82. The number of hydrogen-bond acceptors (Lipinski definition) is 1. The molecule has 0 atom stereocenters. The van der Waals surface area contributed by atoms with E-state index in [0.29, 0.717) is 0 Å². The molecule has 0 radical (unpaired) electrons. The average Bonchev–Trinajstić information content (AvgIpc) is 2.70. The summed E-state index contributed by atoms with van der Waals surface area (Å²) in [7, 11) is 0. The van der Waals surface area contributed by atoms with Gasteiger partial charge in [0.25, 0.3) is 0 Å². The summed E-state index contributed by atoms with van der Waals surface area (Å²) in [5.74, 6) is 0. The van der Waals surface area contributed by atoms with Gasteiger partial charge in [-0.3, -0.25) is 0 Å². The maximum absolute atomic E-state index is 6.50. The van der Waals surface area contributed by atoms with Crippen molar-refractivity contribution in [3.63, 3.8) is 0 Å². The Kier molecular flexibility index (Phi) is 8.22. The maximum Gasteiger partial charge on any atom is 0.0887 e. The van der Waals surface area contributed by atoms with Gasteiger partial charge in [-0.1, -0.05) is 104 Å². The second-order valence-corrected chi connectivity index (χ2v) is 8.59. The van der Waals surface area contributed by atoms with Crippen LogP contribution in [0.1, 0.15) is 63.3 Å². The number of rotatable bonds is 6. The fourth-order valence-corrected chi connectivity index (χ4v) is 3.49. The fraction of sp³-hybridized carbons (Fsp3) is 0.357. The largest absolute Gasteiger partial charge is 0.360 e. The van der Waals surface area contributed by atoms with E-state index in [9.17, 15) is 0 Å². The van der Waals surface area contributed by atoms with Crippen LogP contribution in [0.3, 0.4) is 0 Å². The predicted molar refractivity (Wildman–Crippen MR) is 125 cm³/mol. The highest BCUT2D eigenvalue weighted by Crippen LogP contribution is 2.35. The van der Waals surface area contributed by atoms with Crippen molar-refractivity contribution in [2.75, 3.05) is 0 Å². The van der Waals surface area contributed by atoms with Gasteiger partial charge in [-0.05, 0) is 57.7 Å². The molecule has 0 N–H and O–H groups in total. The molecule has 0 spiro atoms. The molecule has 0 aliphatic carbocycles. The third-order valence-electron chi connectivity index (χ3n) is 5.11. The Bertz CT molecular complexity index is 831. The van der Waals surface area contributed by atoms with Gasteiger partial charge < -0.3 is 4.74 Å². The summed E-state index contributed by atoms with van der Waals surface area (Å²) in [4.78, 5) is 0. The highest BCUT2D eigenvalue weighted by atomic mass is 16.5. The van der Waals surface area contributed by atoms with Gasteiger partial charge in [0, 0.05) is 0 Å². The minimum atomic E-state index is -0.329. The summed E-state index contributed by atoms with van der Waals surface area (Å²) < 4.78 is 6.50. The van der Waals surface area contributed by atoms with Crippen molar-refractivity contribution >= 4 is 0 Å². The zero-order valence-electron chi connectivity index (χ0n) is 18.9. The van der Waals surface area contributed by atoms with E-state index in [0.717, 1.165) is 6.42 Å². The highest BCUT2D eigenvalue weighted by Gasteiger charge is 2.31. The molecule has 0 heterocycles. The Balaban J connectivity index is 0.000000360. The van der Waals surface area contributed by atoms with Crippen molar-refractivity contribution in [2.24, 2.45) is 0 Å². The molecule has 154 valence electrons. The minimum Gasteiger partial charge on any atom is -0.360 e. The third kappa shape index (κ3) is 7.18. The molecule has 0 bridgehead atoms. The van der Waals surface area contributed by atoms with Gasteiger partial charge in [0.1, 0.15) is 0 Å². The van der Waals surface area contributed by atoms with E-state index >= 15 is 0 Å². The first-order valence-electron chi connectivity index (χ1n) is 10.6. The second kappa shape index (κ2) is 10.4. The summed E-state index contributed by atoms with van der Waals surface area (Å²) in [6.45, 7) is 12.9. The van der Waals surface area contributed by atoms with E-state index in [1.807, 2.05) is 24.3 Å². The standard InChI is InChI=1S/C21H28O.C7H8/c1-6-10-17-13-15-19(16-14-17)21(4,5)22-20(2,3)18-11-8-7-9-12-18;1-7-5-3-2-4-6-7/h7-9,11-16H,6,10H2,1-5H3;2-6H,1H3. The Morgan fingerprint density at radius 3 is 1.48 bits per heavy atom.